The van der Waals surface area contributed by atoms with E-state index >= 15 is 0 Å². The summed E-state index contributed by atoms with van der Waals surface area (Å²) in [6.45, 7) is 1.69. The van der Waals surface area contributed by atoms with Crippen LogP contribution < -0.4 is 0 Å². The van der Waals surface area contributed by atoms with Gasteiger partial charge >= 0.3 is 0 Å². The van der Waals surface area contributed by atoms with Crippen LogP contribution in [0.5, 0.6) is 0 Å². The van der Waals surface area contributed by atoms with Gasteiger partial charge in [0, 0.05) is 23.5 Å². The molecule has 0 N–H and O–H groups in total. The Morgan fingerprint density at radius 3 is 2.74 bits per heavy atom. The van der Waals surface area contributed by atoms with Gasteiger partial charge in [-0.3, -0.25) is 9.47 Å². The molecule has 2 aliphatic rings. The van der Waals surface area contributed by atoms with Crippen molar-refractivity contribution in [2.45, 2.75) is 44.4 Å². The second kappa shape index (κ2) is 6.96. The minimum atomic E-state index is -0.246. The predicted molar refractivity (Wildman–Crippen MR) is 108 cm³/mol. The van der Waals surface area contributed by atoms with Crippen molar-refractivity contribution in [2.75, 3.05) is 6.54 Å². The molecule has 1 aliphatic heterocycles. The Balaban J connectivity index is 1.51. The summed E-state index contributed by atoms with van der Waals surface area (Å²) < 4.78 is 19.1. The maximum absolute atomic E-state index is 14.4. The highest BCUT2D eigenvalue weighted by molar-refractivity contribution is 7.71. The van der Waals surface area contributed by atoms with Gasteiger partial charge in [-0.05, 0) is 61.5 Å². The van der Waals surface area contributed by atoms with E-state index in [4.69, 9.17) is 17.3 Å². The zero-order valence-corrected chi connectivity index (χ0v) is 16.6. The van der Waals surface area contributed by atoms with E-state index in [-0.39, 0.29) is 5.82 Å². The number of halogens is 1. The lowest BCUT2D eigenvalue weighted by Crippen LogP contribution is -2.26. The Morgan fingerprint density at radius 1 is 1.15 bits per heavy atom. The highest BCUT2D eigenvalue weighted by atomic mass is 32.1. The topological polar surface area (TPSA) is 26.0 Å². The number of benzene rings is 1. The first kappa shape index (κ1) is 17.3. The second-order valence-corrected chi connectivity index (χ2v) is 8.66. The van der Waals surface area contributed by atoms with Gasteiger partial charge in [-0.15, -0.1) is 11.3 Å². The fourth-order valence-corrected chi connectivity index (χ4v) is 5.20. The van der Waals surface area contributed by atoms with E-state index in [0.717, 1.165) is 25.8 Å². The van der Waals surface area contributed by atoms with Crippen LogP contribution in [0.2, 0.25) is 0 Å². The Bertz CT molecular complexity index is 1000. The van der Waals surface area contributed by atoms with Crippen LogP contribution >= 0.6 is 23.6 Å². The van der Waals surface area contributed by atoms with Crippen LogP contribution in [0.4, 0.5) is 4.39 Å². The maximum Gasteiger partial charge on any atom is 0.199 e. The normalized spacial score (nSPS) is 20.4. The summed E-state index contributed by atoms with van der Waals surface area (Å²) in [5, 5.41) is 6.91. The Kier molecular flexibility index (Phi) is 4.46. The molecule has 0 bridgehead atoms. The Morgan fingerprint density at radius 2 is 2.00 bits per heavy atom. The standard InChI is InChI=1S/C20H21FN4S2/c21-16-6-2-1-5-15(16)19-22-24(20(26)25(19)14-9-10-14)13-23-11-3-7-17(23)18-8-4-12-27-18/h1-2,4-6,8,12,14,17H,3,7,9-11,13H2. The van der Waals surface area contributed by atoms with Crippen molar-refractivity contribution in [3.8, 4) is 11.4 Å². The summed E-state index contributed by atoms with van der Waals surface area (Å²) in [7, 11) is 0. The summed E-state index contributed by atoms with van der Waals surface area (Å²) in [6.07, 6.45) is 4.52. The van der Waals surface area contributed by atoms with Gasteiger partial charge in [0.15, 0.2) is 10.6 Å². The molecule has 1 unspecified atom stereocenters. The number of hydrogen-bond donors (Lipinski definition) is 0. The predicted octanol–water partition coefficient (Wildman–Crippen LogP) is 5.41. The van der Waals surface area contributed by atoms with Crippen LogP contribution in [0.1, 0.15) is 42.6 Å². The quantitative estimate of drug-likeness (QED) is 0.536. The molecule has 3 heterocycles. The van der Waals surface area contributed by atoms with E-state index in [1.165, 1.54) is 17.4 Å². The molecule has 7 heteroatoms. The van der Waals surface area contributed by atoms with Crippen molar-refractivity contribution in [3.63, 3.8) is 0 Å². The number of nitrogens with zero attached hydrogens (tertiary/aromatic N) is 4. The molecule has 5 rings (SSSR count). The minimum Gasteiger partial charge on any atom is -0.297 e. The van der Waals surface area contributed by atoms with Crippen molar-refractivity contribution in [1.29, 1.82) is 0 Å². The monoisotopic (exact) mass is 400 g/mol. The molecule has 2 fully saturated rings. The molecule has 2 aromatic heterocycles. The van der Waals surface area contributed by atoms with Crippen LogP contribution in [-0.4, -0.2) is 25.8 Å². The molecule has 1 atom stereocenters. The lowest BCUT2D eigenvalue weighted by Gasteiger charge is -2.23. The molecule has 0 spiro atoms. The first-order chi connectivity index (χ1) is 13.2. The SMILES string of the molecule is Fc1ccccc1-c1nn(CN2CCCC2c2cccs2)c(=S)n1C1CC1. The van der Waals surface area contributed by atoms with Crippen LogP contribution in [0, 0.1) is 10.6 Å². The Hall–Kier alpha value is -1.83. The van der Waals surface area contributed by atoms with Crippen molar-refractivity contribution >= 4 is 23.6 Å². The van der Waals surface area contributed by atoms with Gasteiger partial charge in [0.1, 0.15) is 5.82 Å². The molecule has 0 amide bonds. The van der Waals surface area contributed by atoms with Gasteiger partial charge in [-0.1, -0.05) is 18.2 Å². The van der Waals surface area contributed by atoms with E-state index in [1.54, 1.807) is 12.1 Å². The maximum atomic E-state index is 14.4. The highest BCUT2D eigenvalue weighted by Gasteiger charge is 2.32. The third kappa shape index (κ3) is 3.17. The fourth-order valence-electron chi connectivity index (χ4n) is 3.97. The minimum absolute atomic E-state index is 0.246. The number of likely N-dealkylation sites (tertiary alicyclic amines) is 1. The van der Waals surface area contributed by atoms with E-state index in [1.807, 2.05) is 22.1 Å². The summed E-state index contributed by atoms with van der Waals surface area (Å²) in [5.41, 5.74) is 0.533. The molecule has 1 saturated carbocycles. The van der Waals surface area contributed by atoms with Gasteiger partial charge in [0.05, 0.1) is 12.2 Å². The van der Waals surface area contributed by atoms with Gasteiger partial charge in [0.2, 0.25) is 0 Å². The molecule has 3 aromatic rings. The lowest BCUT2D eigenvalue weighted by atomic mass is 10.2. The van der Waals surface area contributed by atoms with Crippen LogP contribution in [0.15, 0.2) is 41.8 Å². The second-order valence-electron chi connectivity index (χ2n) is 7.31. The van der Waals surface area contributed by atoms with Gasteiger partial charge in [0.25, 0.3) is 0 Å². The molecule has 27 heavy (non-hydrogen) atoms. The van der Waals surface area contributed by atoms with Crippen LogP contribution in [-0.2, 0) is 6.67 Å². The van der Waals surface area contributed by atoms with Gasteiger partial charge in [-0.25, -0.2) is 9.07 Å². The van der Waals surface area contributed by atoms with E-state index in [2.05, 4.69) is 27.0 Å². The smallest absolute Gasteiger partial charge is 0.199 e. The number of rotatable bonds is 5. The fraction of sp³-hybridized carbons (Fsp3) is 0.400. The van der Waals surface area contributed by atoms with Gasteiger partial charge < -0.3 is 0 Å². The zero-order valence-electron chi connectivity index (χ0n) is 14.9. The average Bonchev–Trinajstić information content (AvgIpc) is 3.07. The van der Waals surface area contributed by atoms with Crippen molar-refractivity contribution in [3.05, 3.63) is 57.2 Å². The average molecular weight is 401 g/mol. The summed E-state index contributed by atoms with van der Waals surface area (Å²) in [6, 6.07) is 11.9. The largest absolute Gasteiger partial charge is 0.297 e. The summed E-state index contributed by atoms with van der Waals surface area (Å²) in [5.74, 6) is 0.414. The molecule has 1 saturated heterocycles. The zero-order chi connectivity index (χ0) is 18.4. The number of hydrogen-bond acceptors (Lipinski definition) is 4. The molecule has 4 nitrogen and oxygen atoms in total. The van der Waals surface area contributed by atoms with Gasteiger partial charge in [-0.2, -0.15) is 5.10 Å². The van der Waals surface area contributed by atoms with E-state index in [0.29, 0.717) is 34.9 Å². The van der Waals surface area contributed by atoms with E-state index in [9.17, 15) is 4.39 Å². The summed E-state index contributed by atoms with van der Waals surface area (Å²) >= 11 is 7.57. The van der Waals surface area contributed by atoms with Crippen LogP contribution in [0.25, 0.3) is 11.4 Å². The van der Waals surface area contributed by atoms with E-state index < -0.39 is 0 Å². The van der Waals surface area contributed by atoms with Crippen molar-refractivity contribution < 1.29 is 4.39 Å². The molecule has 1 aromatic carbocycles. The molecular weight excluding hydrogens is 379 g/mol. The third-order valence-electron chi connectivity index (χ3n) is 5.45. The van der Waals surface area contributed by atoms with Crippen molar-refractivity contribution in [2.24, 2.45) is 0 Å². The van der Waals surface area contributed by atoms with Crippen LogP contribution in [0.3, 0.4) is 0 Å². The number of aromatic nitrogens is 3. The first-order valence-corrected chi connectivity index (χ1v) is 10.7. The highest BCUT2D eigenvalue weighted by Crippen LogP contribution is 2.39. The Labute approximate surface area is 166 Å². The number of thiophene rings is 1. The third-order valence-corrected chi connectivity index (χ3v) is 6.83. The molecule has 0 radical (unpaired) electrons. The molecule has 140 valence electrons. The molecular formula is C20H21FN4S2. The first-order valence-electron chi connectivity index (χ1n) is 9.44. The van der Waals surface area contributed by atoms with Crippen molar-refractivity contribution in [1.82, 2.24) is 19.2 Å². The summed E-state index contributed by atoms with van der Waals surface area (Å²) in [4.78, 5) is 3.84. The lowest BCUT2D eigenvalue weighted by molar-refractivity contribution is 0.192. The molecule has 1 aliphatic carbocycles.